The molecule has 27 heavy (non-hydrogen) atoms. The van der Waals surface area contributed by atoms with Crippen LogP contribution in [0.4, 0.5) is 0 Å². The van der Waals surface area contributed by atoms with E-state index in [2.05, 4.69) is 32.0 Å². The Balaban J connectivity index is 1.32. The molecule has 6 nitrogen and oxygen atoms in total. The zero-order valence-corrected chi connectivity index (χ0v) is 15.9. The molecule has 1 amide bonds. The van der Waals surface area contributed by atoms with Gasteiger partial charge < -0.3 is 20.1 Å². The Morgan fingerprint density at radius 3 is 2.74 bits per heavy atom. The van der Waals surface area contributed by atoms with Crippen molar-refractivity contribution < 1.29 is 4.79 Å². The zero-order chi connectivity index (χ0) is 18.6. The first-order chi connectivity index (χ1) is 13.2. The van der Waals surface area contributed by atoms with Crippen LogP contribution < -0.4 is 5.32 Å². The minimum Gasteiger partial charge on any atom is -0.351 e. The summed E-state index contributed by atoms with van der Waals surface area (Å²) in [4.78, 5) is 25.2. The molecule has 1 fully saturated rings. The van der Waals surface area contributed by atoms with Crippen molar-refractivity contribution in [1.82, 2.24) is 25.1 Å². The predicted molar refractivity (Wildman–Crippen MR) is 109 cm³/mol. The first kappa shape index (κ1) is 17.9. The van der Waals surface area contributed by atoms with E-state index >= 15 is 0 Å². The van der Waals surface area contributed by atoms with Crippen molar-refractivity contribution in [1.29, 1.82) is 0 Å². The SMILES string of the molecule is CCN1CCN(CCCNC(=O)c2cc3ccc4cccnc4c3[nH]2)CC1. The van der Waals surface area contributed by atoms with Crippen LogP contribution in [0.5, 0.6) is 0 Å². The van der Waals surface area contributed by atoms with Crippen LogP contribution in [0, 0.1) is 0 Å². The van der Waals surface area contributed by atoms with E-state index in [0.29, 0.717) is 12.2 Å². The number of amides is 1. The third-order valence-corrected chi connectivity index (χ3v) is 5.46. The van der Waals surface area contributed by atoms with Gasteiger partial charge in [0.05, 0.1) is 11.0 Å². The normalized spacial score (nSPS) is 16.2. The second-order valence-electron chi connectivity index (χ2n) is 7.17. The monoisotopic (exact) mass is 365 g/mol. The summed E-state index contributed by atoms with van der Waals surface area (Å²) in [6.45, 7) is 9.65. The molecule has 2 N–H and O–H groups in total. The van der Waals surface area contributed by atoms with Crippen molar-refractivity contribution in [3.63, 3.8) is 0 Å². The third kappa shape index (κ3) is 3.96. The van der Waals surface area contributed by atoms with Crippen molar-refractivity contribution in [2.45, 2.75) is 13.3 Å². The summed E-state index contributed by atoms with van der Waals surface area (Å²) < 4.78 is 0. The molecule has 1 aliphatic rings. The van der Waals surface area contributed by atoms with E-state index < -0.39 is 0 Å². The van der Waals surface area contributed by atoms with Crippen LogP contribution in [-0.4, -0.2) is 71.5 Å². The Bertz CT molecular complexity index is 927. The van der Waals surface area contributed by atoms with E-state index in [9.17, 15) is 4.79 Å². The van der Waals surface area contributed by atoms with Crippen molar-refractivity contribution in [3.8, 4) is 0 Å². The van der Waals surface area contributed by atoms with Gasteiger partial charge in [0.1, 0.15) is 5.69 Å². The van der Waals surface area contributed by atoms with Crippen LogP contribution in [0.25, 0.3) is 21.8 Å². The molecule has 142 valence electrons. The van der Waals surface area contributed by atoms with Gasteiger partial charge >= 0.3 is 0 Å². The maximum atomic E-state index is 12.5. The highest BCUT2D eigenvalue weighted by Crippen LogP contribution is 2.23. The number of carbonyl (C=O) groups is 1. The highest BCUT2D eigenvalue weighted by molar-refractivity contribution is 6.07. The highest BCUT2D eigenvalue weighted by Gasteiger charge is 2.15. The van der Waals surface area contributed by atoms with Gasteiger partial charge in [-0.3, -0.25) is 9.78 Å². The Morgan fingerprint density at radius 1 is 1.15 bits per heavy atom. The first-order valence-corrected chi connectivity index (χ1v) is 9.84. The predicted octanol–water partition coefficient (Wildman–Crippen LogP) is 2.47. The number of hydrogen-bond acceptors (Lipinski definition) is 4. The standard InChI is InChI=1S/C21H27N5O/c1-2-25-11-13-26(14-12-25)10-4-9-23-21(27)18-15-17-7-6-16-5-3-8-22-19(16)20(17)24-18/h3,5-8,15,24H,2,4,9-14H2,1H3,(H,23,27). The quantitative estimate of drug-likeness (QED) is 0.659. The van der Waals surface area contributed by atoms with Gasteiger partial charge in [-0.1, -0.05) is 25.1 Å². The molecular weight excluding hydrogens is 338 g/mol. The summed E-state index contributed by atoms with van der Waals surface area (Å²) in [5.41, 5.74) is 2.42. The molecule has 0 bridgehead atoms. The van der Waals surface area contributed by atoms with Crippen LogP contribution in [0.3, 0.4) is 0 Å². The topological polar surface area (TPSA) is 64.3 Å². The van der Waals surface area contributed by atoms with E-state index in [0.717, 1.165) is 67.5 Å². The molecule has 0 unspecified atom stereocenters. The van der Waals surface area contributed by atoms with Gasteiger partial charge in [0.2, 0.25) is 0 Å². The van der Waals surface area contributed by atoms with Crippen molar-refractivity contribution in [2.75, 3.05) is 45.8 Å². The fourth-order valence-corrected chi connectivity index (χ4v) is 3.79. The third-order valence-electron chi connectivity index (χ3n) is 5.46. The Kier molecular flexibility index (Phi) is 5.36. The van der Waals surface area contributed by atoms with E-state index in [-0.39, 0.29) is 5.91 Å². The molecule has 2 aromatic heterocycles. The van der Waals surface area contributed by atoms with Crippen molar-refractivity contribution in [2.24, 2.45) is 0 Å². The number of rotatable bonds is 6. The van der Waals surface area contributed by atoms with Gasteiger partial charge in [0.25, 0.3) is 5.91 Å². The van der Waals surface area contributed by atoms with Gasteiger partial charge in [0.15, 0.2) is 0 Å². The lowest BCUT2D eigenvalue weighted by molar-refractivity contribution is 0.0944. The molecule has 0 saturated carbocycles. The number of piperazine rings is 1. The molecule has 1 aliphatic heterocycles. The van der Waals surface area contributed by atoms with Gasteiger partial charge in [-0.25, -0.2) is 0 Å². The van der Waals surface area contributed by atoms with Crippen LogP contribution in [0.15, 0.2) is 36.5 Å². The number of pyridine rings is 1. The second kappa shape index (κ2) is 8.06. The number of hydrogen-bond donors (Lipinski definition) is 2. The van der Waals surface area contributed by atoms with E-state index in [1.54, 1.807) is 6.20 Å². The number of fused-ring (bicyclic) bond motifs is 3. The molecule has 3 heterocycles. The molecule has 0 aliphatic carbocycles. The lowest BCUT2D eigenvalue weighted by Crippen LogP contribution is -2.46. The molecule has 1 aromatic carbocycles. The molecular formula is C21H27N5O. The number of likely N-dealkylation sites (N-methyl/N-ethyl adjacent to an activating group) is 1. The Morgan fingerprint density at radius 2 is 1.93 bits per heavy atom. The van der Waals surface area contributed by atoms with E-state index in [1.165, 1.54) is 0 Å². The van der Waals surface area contributed by atoms with E-state index in [1.807, 2.05) is 30.3 Å². The molecule has 0 spiro atoms. The molecule has 6 heteroatoms. The number of aromatic nitrogens is 2. The van der Waals surface area contributed by atoms with Crippen molar-refractivity contribution >= 4 is 27.7 Å². The lowest BCUT2D eigenvalue weighted by atomic mass is 10.1. The van der Waals surface area contributed by atoms with Crippen LogP contribution in [0.2, 0.25) is 0 Å². The average Bonchev–Trinajstić information content (AvgIpc) is 3.16. The largest absolute Gasteiger partial charge is 0.351 e. The lowest BCUT2D eigenvalue weighted by Gasteiger charge is -2.33. The Labute approximate surface area is 159 Å². The fraction of sp³-hybridized carbons (Fsp3) is 0.429. The fourth-order valence-electron chi connectivity index (χ4n) is 3.79. The minimum atomic E-state index is -0.0499. The molecule has 3 aromatic rings. The van der Waals surface area contributed by atoms with Gasteiger partial charge in [-0.2, -0.15) is 0 Å². The minimum absolute atomic E-state index is 0.0499. The van der Waals surface area contributed by atoms with Gasteiger partial charge in [-0.15, -0.1) is 0 Å². The Hall–Kier alpha value is -2.44. The smallest absolute Gasteiger partial charge is 0.267 e. The summed E-state index contributed by atoms with van der Waals surface area (Å²) in [5.74, 6) is -0.0499. The zero-order valence-electron chi connectivity index (χ0n) is 15.9. The summed E-state index contributed by atoms with van der Waals surface area (Å²) >= 11 is 0. The average molecular weight is 365 g/mol. The van der Waals surface area contributed by atoms with Gasteiger partial charge in [-0.05, 0) is 31.6 Å². The number of nitrogens with one attached hydrogen (secondary N) is 2. The first-order valence-electron chi connectivity index (χ1n) is 9.84. The van der Waals surface area contributed by atoms with Crippen LogP contribution in [-0.2, 0) is 0 Å². The second-order valence-corrected chi connectivity index (χ2v) is 7.17. The summed E-state index contributed by atoms with van der Waals surface area (Å²) in [6, 6.07) is 9.93. The summed E-state index contributed by atoms with van der Waals surface area (Å²) in [6.07, 6.45) is 2.76. The molecule has 1 saturated heterocycles. The van der Waals surface area contributed by atoms with Gasteiger partial charge in [0, 0.05) is 49.7 Å². The molecule has 0 radical (unpaired) electrons. The van der Waals surface area contributed by atoms with Crippen LogP contribution >= 0.6 is 0 Å². The maximum absolute atomic E-state index is 12.5. The van der Waals surface area contributed by atoms with Crippen LogP contribution in [0.1, 0.15) is 23.8 Å². The van der Waals surface area contributed by atoms with E-state index in [4.69, 9.17) is 0 Å². The summed E-state index contributed by atoms with van der Waals surface area (Å²) in [7, 11) is 0. The molecule has 0 atom stereocenters. The molecule has 4 rings (SSSR count). The maximum Gasteiger partial charge on any atom is 0.267 e. The number of aromatic amines is 1. The number of H-pyrrole nitrogens is 1. The highest BCUT2D eigenvalue weighted by atomic mass is 16.1. The van der Waals surface area contributed by atoms with Crippen molar-refractivity contribution in [3.05, 3.63) is 42.2 Å². The number of benzene rings is 1. The number of carbonyl (C=O) groups excluding carboxylic acids is 1. The summed E-state index contributed by atoms with van der Waals surface area (Å²) in [5, 5.41) is 5.13. The number of nitrogens with zero attached hydrogens (tertiary/aromatic N) is 3.